The molecule has 0 bridgehead atoms. The van der Waals surface area contributed by atoms with Crippen LogP contribution in [0.5, 0.6) is 0 Å². The first kappa shape index (κ1) is 15.5. The average Bonchev–Trinajstić information content (AvgIpc) is 2.49. The number of amides is 1. The molecule has 2 nitrogen and oxygen atoms in total. The number of benzene rings is 2. The van der Waals surface area contributed by atoms with E-state index < -0.39 is 0 Å². The minimum atomic E-state index is -0.271. The molecule has 0 saturated heterocycles. The van der Waals surface area contributed by atoms with E-state index in [0.29, 0.717) is 17.0 Å². The Morgan fingerprint density at radius 3 is 2.71 bits per heavy atom. The Hall–Kier alpha value is -1.87. The highest BCUT2D eigenvalue weighted by Crippen LogP contribution is 2.17. The Balaban J connectivity index is 2.12. The molecule has 1 unspecified atom stereocenters. The van der Waals surface area contributed by atoms with Gasteiger partial charge in [-0.2, -0.15) is 0 Å². The number of alkyl halides is 1. The van der Waals surface area contributed by atoms with Crippen LogP contribution in [0.15, 0.2) is 42.5 Å². The fourth-order valence-electron chi connectivity index (χ4n) is 2.04. The maximum atomic E-state index is 13.6. The summed E-state index contributed by atoms with van der Waals surface area (Å²) in [5.41, 5.74) is 2.76. The van der Waals surface area contributed by atoms with Crippen molar-refractivity contribution in [3.8, 4) is 0 Å². The molecular formula is C17H17ClFNO. The zero-order valence-electron chi connectivity index (χ0n) is 12.0. The lowest BCUT2D eigenvalue weighted by atomic mass is 10.1. The van der Waals surface area contributed by atoms with Crippen molar-refractivity contribution in [3.05, 3.63) is 70.5 Å². The molecule has 4 heteroatoms. The number of hydrogen-bond donors (Lipinski definition) is 1. The van der Waals surface area contributed by atoms with Crippen LogP contribution in [0.1, 0.15) is 40.0 Å². The molecule has 0 aliphatic carbocycles. The maximum absolute atomic E-state index is 13.6. The monoisotopic (exact) mass is 305 g/mol. The third-order valence-corrected chi connectivity index (χ3v) is 3.70. The molecule has 0 saturated carbocycles. The molecule has 2 aromatic rings. The van der Waals surface area contributed by atoms with Crippen LogP contribution in [0.3, 0.4) is 0 Å². The minimum Gasteiger partial charge on any atom is -0.346 e. The molecular weight excluding hydrogens is 289 g/mol. The van der Waals surface area contributed by atoms with Crippen molar-refractivity contribution in [2.24, 2.45) is 0 Å². The van der Waals surface area contributed by atoms with E-state index in [1.807, 2.05) is 19.1 Å². The Kier molecular flexibility index (Phi) is 4.97. The van der Waals surface area contributed by atoms with Gasteiger partial charge in [0.15, 0.2) is 0 Å². The lowest BCUT2D eigenvalue weighted by molar-refractivity contribution is 0.0939. The maximum Gasteiger partial charge on any atom is 0.251 e. The van der Waals surface area contributed by atoms with Crippen molar-refractivity contribution < 1.29 is 9.18 Å². The molecule has 0 aliphatic heterocycles. The Bertz CT molecular complexity index is 657. The average molecular weight is 306 g/mol. The number of hydrogen-bond acceptors (Lipinski definition) is 1. The minimum absolute atomic E-state index is 0.199. The van der Waals surface area contributed by atoms with Crippen LogP contribution in [0.25, 0.3) is 0 Å². The molecule has 110 valence electrons. The molecule has 2 rings (SSSR count). The fraction of sp³-hybridized carbons (Fsp3) is 0.235. The van der Waals surface area contributed by atoms with Gasteiger partial charge in [0.1, 0.15) is 5.82 Å². The summed E-state index contributed by atoms with van der Waals surface area (Å²) in [5, 5.41) is 2.86. The molecule has 2 aromatic carbocycles. The van der Waals surface area contributed by atoms with Crippen LogP contribution >= 0.6 is 11.6 Å². The molecule has 0 radical (unpaired) electrons. The van der Waals surface area contributed by atoms with Crippen molar-refractivity contribution in [1.29, 1.82) is 0 Å². The van der Waals surface area contributed by atoms with Gasteiger partial charge in [-0.3, -0.25) is 4.79 Å². The van der Waals surface area contributed by atoms with Gasteiger partial charge in [-0.15, -0.1) is 11.6 Å². The summed E-state index contributed by atoms with van der Waals surface area (Å²) in [5.74, 6) is -0.104. The number of aryl methyl sites for hydroxylation is 1. The van der Waals surface area contributed by atoms with E-state index in [1.165, 1.54) is 6.07 Å². The third kappa shape index (κ3) is 3.82. The van der Waals surface area contributed by atoms with Gasteiger partial charge in [0.05, 0.1) is 6.04 Å². The summed E-state index contributed by atoms with van der Waals surface area (Å²) < 4.78 is 13.6. The zero-order chi connectivity index (χ0) is 15.4. The van der Waals surface area contributed by atoms with E-state index in [4.69, 9.17) is 11.6 Å². The van der Waals surface area contributed by atoms with Crippen LogP contribution in [0.4, 0.5) is 4.39 Å². The molecule has 0 heterocycles. The molecule has 1 amide bonds. The van der Waals surface area contributed by atoms with Crippen molar-refractivity contribution >= 4 is 17.5 Å². The number of carbonyl (C=O) groups excluding carboxylic acids is 1. The van der Waals surface area contributed by atoms with E-state index in [9.17, 15) is 9.18 Å². The number of rotatable bonds is 4. The first-order valence-electron chi connectivity index (χ1n) is 6.73. The van der Waals surface area contributed by atoms with Crippen LogP contribution in [-0.4, -0.2) is 5.91 Å². The van der Waals surface area contributed by atoms with Crippen molar-refractivity contribution in [2.45, 2.75) is 25.8 Å². The second kappa shape index (κ2) is 6.72. The lowest BCUT2D eigenvalue weighted by Crippen LogP contribution is -2.26. The first-order chi connectivity index (χ1) is 10.0. The van der Waals surface area contributed by atoms with E-state index >= 15 is 0 Å². The number of carbonyl (C=O) groups is 1. The Morgan fingerprint density at radius 2 is 2.05 bits per heavy atom. The second-order valence-electron chi connectivity index (χ2n) is 5.04. The van der Waals surface area contributed by atoms with Crippen LogP contribution in [0.2, 0.25) is 0 Å². The van der Waals surface area contributed by atoms with E-state index in [1.54, 1.807) is 31.2 Å². The topological polar surface area (TPSA) is 29.1 Å². The summed E-state index contributed by atoms with van der Waals surface area (Å²) in [6.45, 7) is 3.54. The highest BCUT2D eigenvalue weighted by molar-refractivity contribution is 6.17. The van der Waals surface area contributed by atoms with Crippen LogP contribution in [-0.2, 0) is 5.88 Å². The normalized spacial score (nSPS) is 12.0. The zero-order valence-corrected chi connectivity index (χ0v) is 12.7. The number of halogens is 2. The summed E-state index contributed by atoms with van der Waals surface area (Å²) >= 11 is 5.76. The molecule has 0 spiro atoms. The molecule has 1 atom stereocenters. The smallest absolute Gasteiger partial charge is 0.251 e. The SMILES string of the molecule is Cc1ccc(C(C)NC(=O)c2cccc(CCl)c2)cc1F. The van der Waals surface area contributed by atoms with E-state index in [-0.39, 0.29) is 17.8 Å². The number of nitrogens with one attached hydrogen (secondary N) is 1. The standard InChI is InChI=1S/C17H17ClFNO/c1-11-6-7-14(9-16(11)19)12(2)20-17(21)15-5-3-4-13(8-15)10-18/h3-9,12H,10H2,1-2H3,(H,20,21). The molecule has 0 aromatic heterocycles. The van der Waals surface area contributed by atoms with Gasteiger partial charge in [0, 0.05) is 11.4 Å². The van der Waals surface area contributed by atoms with Crippen molar-refractivity contribution in [3.63, 3.8) is 0 Å². The van der Waals surface area contributed by atoms with Crippen LogP contribution in [0, 0.1) is 12.7 Å². The second-order valence-corrected chi connectivity index (χ2v) is 5.31. The van der Waals surface area contributed by atoms with Gasteiger partial charge in [-0.25, -0.2) is 4.39 Å². The van der Waals surface area contributed by atoms with Gasteiger partial charge >= 0.3 is 0 Å². The van der Waals surface area contributed by atoms with Gasteiger partial charge in [0.25, 0.3) is 5.91 Å². The Morgan fingerprint density at radius 1 is 1.29 bits per heavy atom. The summed E-state index contributed by atoms with van der Waals surface area (Å²) in [7, 11) is 0. The molecule has 1 N–H and O–H groups in total. The van der Waals surface area contributed by atoms with Gasteiger partial charge in [-0.1, -0.05) is 24.3 Å². The predicted molar refractivity (Wildman–Crippen MR) is 83.0 cm³/mol. The van der Waals surface area contributed by atoms with Crippen molar-refractivity contribution in [1.82, 2.24) is 5.32 Å². The largest absolute Gasteiger partial charge is 0.346 e. The highest BCUT2D eigenvalue weighted by Gasteiger charge is 2.13. The van der Waals surface area contributed by atoms with Crippen molar-refractivity contribution in [2.75, 3.05) is 0 Å². The van der Waals surface area contributed by atoms with E-state index in [0.717, 1.165) is 11.1 Å². The predicted octanol–water partition coefficient (Wildman–Crippen LogP) is 4.36. The summed E-state index contributed by atoms with van der Waals surface area (Å²) in [6.07, 6.45) is 0. The first-order valence-corrected chi connectivity index (χ1v) is 7.26. The lowest BCUT2D eigenvalue weighted by Gasteiger charge is -2.15. The fourth-order valence-corrected chi connectivity index (χ4v) is 2.20. The van der Waals surface area contributed by atoms with Gasteiger partial charge in [-0.05, 0) is 48.7 Å². The third-order valence-electron chi connectivity index (χ3n) is 3.39. The van der Waals surface area contributed by atoms with Gasteiger partial charge in [0.2, 0.25) is 0 Å². The molecule has 0 fully saturated rings. The quantitative estimate of drug-likeness (QED) is 0.835. The van der Waals surface area contributed by atoms with Gasteiger partial charge < -0.3 is 5.32 Å². The summed E-state index contributed by atoms with van der Waals surface area (Å²) in [4.78, 5) is 12.2. The Labute approximate surface area is 128 Å². The van der Waals surface area contributed by atoms with Crippen LogP contribution < -0.4 is 5.32 Å². The molecule has 0 aliphatic rings. The summed E-state index contributed by atoms with van der Waals surface area (Å²) in [6, 6.07) is 11.9. The van der Waals surface area contributed by atoms with E-state index in [2.05, 4.69) is 5.32 Å². The highest BCUT2D eigenvalue weighted by atomic mass is 35.5. The molecule has 21 heavy (non-hydrogen) atoms.